The third-order valence-electron chi connectivity index (χ3n) is 4.11. The van der Waals surface area contributed by atoms with E-state index in [0.717, 1.165) is 25.9 Å². The van der Waals surface area contributed by atoms with Crippen LogP contribution in [-0.2, 0) is 0 Å². The van der Waals surface area contributed by atoms with Gasteiger partial charge in [0.2, 0.25) is 0 Å². The van der Waals surface area contributed by atoms with Crippen LogP contribution in [-0.4, -0.2) is 49.3 Å². The Morgan fingerprint density at radius 2 is 2.11 bits per heavy atom. The minimum Gasteiger partial charge on any atom is -0.396 e. The van der Waals surface area contributed by atoms with Crippen molar-refractivity contribution in [1.82, 2.24) is 4.90 Å². The quantitative estimate of drug-likeness (QED) is 0.817. The third kappa shape index (κ3) is 4.22. The summed E-state index contributed by atoms with van der Waals surface area (Å²) in [5.74, 6) is 0. The first-order chi connectivity index (χ1) is 9.31. The first kappa shape index (κ1) is 14.4. The molecule has 0 radical (unpaired) electrons. The molecule has 3 nitrogen and oxygen atoms in total. The van der Waals surface area contributed by atoms with Gasteiger partial charge in [-0.15, -0.1) is 0 Å². The highest BCUT2D eigenvalue weighted by molar-refractivity contribution is 5.44. The Kier molecular flexibility index (Phi) is 5.67. The fourth-order valence-corrected chi connectivity index (χ4v) is 2.93. The number of nitrogens with zero attached hydrogens (tertiary/aromatic N) is 2. The smallest absolute Gasteiger partial charge is 0.0431 e. The number of aliphatic hydroxyl groups excluding tert-OH is 1. The number of anilines is 1. The van der Waals surface area contributed by atoms with Gasteiger partial charge >= 0.3 is 0 Å². The van der Waals surface area contributed by atoms with Crippen molar-refractivity contribution in [2.75, 3.05) is 38.2 Å². The molecule has 1 fully saturated rings. The van der Waals surface area contributed by atoms with Gasteiger partial charge in [0.05, 0.1) is 0 Å². The maximum Gasteiger partial charge on any atom is 0.0431 e. The van der Waals surface area contributed by atoms with Crippen LogP contribution in [0.2, 0.25) is 0 Å². The molecule has 0 amide bonds. The standard InChI is InChI=1S/C16H26N2O/c1-17(15-7-3-2-4-8-15)12-13-18-11-5-9-16(18)10-6-14-19/h2-4,7-8,16,19H,5-6,9-14H2,1H3. The molecule has 1 saturated heterocycles. The van der Waals surface area contributed by atoms with Crippen LogP contribution >= 0.6 is 0 Å². The second kappa shape index (κ2) is 7.51. The number of likely N-dealkylation sites (N-methyl/N-ethyl adjacent to an activating group) is 1. The van der Waals surface area contributed by atoms with Crippen molar-refractivity contribution in [3.8, 4) is 0 Å². The van der Waals surface area contributed by atoms with Crippen molar-refractivity contribution in [3.63, 3.8) is 0 Å². The maximum absolute atomic E-state index is 8.95. The van der Waals surface area contributed by atoms with Crippen LogP contribution in [0.3, 0.4) is 0 Å². The van der Waals surface area contributed by atoms with Gasteiger partial charge in [0.25, 0.3) is 0 Å². The number of rotatable bonds is 7. The molecule has 1 heterocycles. The average molecular weight is 262 g/mol. The van der Waals surface area contributed by atoms with Gasteiger partial charge in [0.15, 0.2) is 0 Å². The van der Waals surface area contributed by atoms with Crippen LogP contribution in [0.25, 0.3) is 0 Å². The van der Waals surface area contributed by atoms with Crippen LogP contribution in [0.4, 0.5) is 5.69 Å². The summed E-state index contributed by atoms with van der Waals surface area (Å²) in [4.78, 5) is 4.91. The second-order valence-electron chi connectivity index (χ2n) is 5.45. The fourth-order valence-electron chi connectivity index (χ4n) is 2.93. The number of likely N-dealkylation sites (tertiary alicyclic amines) is 1. The molecule has 3 heteroatoms. The van der Waals surface area contributed by atoms with Gasteiger partial charge in [0, 0.05) is 38.5 Å². The molecular formula is C16H26N2O. The summed E-state index contributed by atoms with van der Waals surface area (Å²) in [6.07, 6.45) is 4.70. The Bertz CT molecular complexity index is 355. The number of aliphatic hydroxyl groups is 1. The summed E-state index contributed by atoms with van der Waals surface area (Å²) in [7, 11) is 2.16. The average Bonchev–Trinajstić information content (AvgIpc) is 2.91. The highest BCUT2D eigenvalue weighted by atomic mass is 16.2. The zero-order valence-corrected chi connectivity index (χ0v) is 12.0. The van der Waals surface area contributed by atoms with Gasteiger partial charge in [-0.3, -0.25) is 4.90 Å². The van der Waals surface area contributed by atoms with Crippen molar-refractivity contribution in [2.45, 2.75) is 31.7 Å². The van der Waals surface area contributed by atoms with Gasteiger partial charge in [-0.05, 0) is 44.4 Å². The van der Waals surface area contributed by atoms with Gasteiger partial charge < -0.3 is 10.0 Å². The number of hydrogen-bond acceptors (Lipinski definition) is 3. The van der Waals surface area contributed by atoms with E-state index in [9.17, 15) is 0 Å². The van der Waals surface area contributed by atoms with Gasteiger partial charge in [0.1, 0.15) is 0 Å². The van der Waals surface area contributed by atoms with Gasteiger partial charge in [-0.25, -0.2) is 0 Å². The molecule has 1 aliphatic heterocycles. The van der Waals surface area contributed by atoms with Crippen LogP contribution in [0, 0.1) is 0 Å². The predicted molar refractivity (Wildman–Crippen MR) is 80.6 cm³/mol. The zero-order valence-electron chi connectivity index (χ0n) is 12.0. The molecule has 19 heavy (non-hydrogen) atoms. The third-order valence-corrected chi connectivity index (χ3v) is 4.11. The lowest BCUT2D eigenvalue weighted by Gasteiger charge is -2.27. The van der Waals surface area contributed by atoms with E-state index >= 15 is 0 Å². The summed E-state index contributed by atoms with van der Waals surface area (Å²) in [6, 6.07) is 11.2. The molecule has 1 N–H and O–H groups in total. The molecule has 0 spiro atoms. The predicted octanol–water partition coefficient (Wildman–Crippen LogP) is 2.36. The van der Waals surface area contributed by atoms with E-state index in [-0.39, 0.29) is 0 Å². The Labute approximate surface area is 116 Å². The first-order valence-electron chi connectivity index (χ1n) is 7.42. The van der Waals surface area contributed by atoms with Crippen LogP contribution in [0.5, 0.6) is 0 Å². The normalized spacial score (nSPS) is 19.8. The van der Waals surface area contributed by atoms with Crippen LogP contribution in [0.1, 0.15) is 25.7 Å². The molecule has 0 bridgehead atoms. The first-order valence-corrected chi connectivity index (χ1v) is 7.42. The molecule has 0 aliphatic carbocycles. The molecule has 2 rings (SSSR count). The van der Waals surface area contributed by atoms with E-state index in [0.29, 0.717) is 12.6 Å². The van der Waals surface area contributed by atoms with E-state index in [4.69, 9.17) is 5.11 Å². The van der Waals surface area contributed by atoms with E-state index in [1.807, 2.05) is 0 Å². The van der Waals surface area contributed by atoms with Crippen LogP contribution < -0.4 is 4.90 Å². The summed E-state index contributed by atoms with van der Waals surface area (Å²) < 4.78 is 0. The van der Waals surface area contributed by atoms with E-state index in [1.54, 1.807) is 0 Å². The number of hydrogen-bond donors (Lipinski definition) is 1. The van der Waals surface area contributed by atoms with Crippen molar-refractivity contribution < 1.29 is 5.11 Å². The van der Waals surface area contributed by atoms with E-state index < -0.39 is 0 Å². The fraction of sp³-hybridized carbons (Fsp3) is 0.625. The lowest BCUT2D eigenvalue weighted by Crippen LogP contribution is -2.36. The molecule has 1 atom stereocenters. The monoisotopic (exact) mass is 262 g/mol. The summed E-state index contributed by atoms with van der Waals surface area (Å²) in [5, 5.41) is 8.95. The molecule has 1 unspecified atom stereocenters. The van der Waals surface area contributed by atoms with Crippen LogP contribution in [0.15, 0.2) is 30.3 Å². The highest BCUT2D eigenvalue weighted by Crippen LogP contribution is 2.21. The maximum atomic E-state index is 8.95. The summed E-state index contributed by atoms with van der Waals surface area (Å²) in [6.45, 7) is 3.74. The number of para-hydroxylation sites is 1. The van der Waals surface area contributed by atoms with Crippen molar-refractivity contribution >= 4 is 5.69 Å². The molecule has 0 aromatic heterocycles. The summed E-state index contributed by atoms with van der Waals surface area (Å²) >= 11 is 0. The SMILES string of the molecule is CN(CCN1CCCC1CCCO)c1ccccc1. The topological polar surface area (TPSA) is 26.7 Å². The highest BCUT2D eigenvalue weighted by Gasteiger charge is 2.23. The van der Waals surface area contributed by atoms with Crippen molar-refractivity contribution in [3.05, 3.63) is 30.3 Å². The largest absolute Gasteiger partial charge is 0.396 e. The minimum atomic E-state index is 0.328. The summed E-state index contributed by atoms with van der Waals surface area (Å²) in [5.41, 5.74) is 1.29. The molecular weight excluding hydrogens is 236 g/mol. The van der Waals surface area contributed by atoms with Crippen molar-refractivity contribution in [2.24, 2.45) is 0 Å². The second-order valence-corrected chi connectivity index (χ2v) is 5.45. The Hall–Kier alpha value is -1.06. The lowest BCUT2D eigenvalue weighted by atomic mass is 10.1. The molecule has 1 aromatic carbocycles. The van der Waals surface area contributed by atoms with Crippen molar-refractivity contribution in [1.29, 1.82) is 0 Å². The Balaban J connectivity index is 1.78. The number of benzene rings is 1. The Morgan fingerprint density at radius 3 is 2.84 bits per heavy atom. The zero-order chi connectivity index (χ0) is 13.5. The minimum absolute atomic E-state index is 0.328. The van der Waals surface area contributed by atoms with E-state index in [1.165, 1.54) is 25.1 Å². The Morgan fingerprint density at radius 1 is 1.32 bits per heavy atom. The molecule has 1 aromatic rings. The lowest BCUT2D eigenvalue weighted by molar-refractivity contribution is 0.219. The molecule has 106 valence electrons. The molecule has 0 saturated carbocycles. The van der Waals surface area contributed by atoms with Gasteiger partial charge in [-0.1, -0.05) is 18.2 Å². The van der Waals surface area contributed by atoms with E-state index in [2.05, 4.69) is 47.2 Å². The molecule has 1 aliphatic rings. The van der Waals surface area contributed by atoms with Gasteiger partial charge in [-0.2, -0.15) is 0 Å².